The van der Waals surface area contributed by atoms with Gasteiger partial charge in [0.2, 0.25) is 0 Å². The topological polar surface area (TPSA) is 52.5 Å². The van der Waals surface area contributed by atoms with Gasteiger partial charge in [0.15, 0.2) is 0 Å². The Bertz CT molecular complexity index is 388. The number of aromatic amines is 1. The SMILES string of the molecule is CC(C)C#Cc1cnc(/C=C\C=N)[nH]1. The zero-order chi connectivity index (χ0) is 10.4. The maximum atomic E-state index is 6.81. The summed E-state index contributed by atoms with van der Waals surface area (Å²) in [5, 5.41) is 6.81. The predicted molar refractivity (Wildman–Crippen MR) is 58.1 cm³/mol. The largest absolute Gasteiger partial charge is 0.332 e. The second kappa shape index (κ2) is 5.03. The van der Waals surface area contributed by atoms with Crippen molar-refractivity contribution >= 4 is 12.3 Å². The maximum absolute atomic E-state index is 6.81. The zero-order valence-electron chi connectivity index (χ0n) is 8.33. The van der Waals surface area contributed by atoms with E-state index in [4.69, 9.17) is 5.41 Å². The molecule has 0 saturated heterocycles. The first-order chi connectivity index (χ1) is 6.72. The predicted octanol–water partition coefficient (Wildman–Crippen LogP) is 2.08. The molecule has 14 heavy (non-hydrogen) atoms. The highest BCUT2D eigenvalue weighted by molar-refractivity contribution is 5.74. The third-order valence-corrected chi connectivity index (χ3v) is 1.44. The molecule has 0 aromatic carbocycles. The van der Waals surface area contributed by atoms with E-state index in [1.54, 1.807) is 18.3 Å². The van der Waals surface area contributed by atoms with Crippen LogP contribution in [0.1, 0.15) is 25.4 Å². The maximum Gasteiger partial charge on any atom is 0.130 e. The van der Waals surface area contributed by atoms with Crippen LogP contribution in [-0.2, 0) is 0 Å². The van der Waals surface area contributed by atoms with E-state index in [0.29, 0.717) is 5.92 Å². The minimum atomic E-state index is 0.360. The van der Waals surface area contributed by atoms with Gasteiger partial charge in [0, 0.05) is 12.1 Å². The quantitative estimate of drug-likeness (QED) is 0.540. The van der Waals surface area contributed by atoms with Gasteiger partial charge in [-0.05, 0) is 18.1 Å². The molecule has 0 spiro atoms. The Morgan fingerprint density at radius 1 is 1.57 bits per heavy atom. The van der Waals surface area contributed by atoms with Crippen LogP contribution in [0.5, 0.6) is 0 Å². The van der Waals surface area contributed by atoms with Gasteiger partial charge in [-0.15, -0.1) is 0 Å². The van der Waals surface area contributed by atoms with E-state index in [0.717, 1.165) is 11.5 Å². The van der Waals surface area contributed by atoms with Crippen LogP contribution in [-0.4, -0.2) is 16.2 Å². The number of nitrogens with one attached hydrogen (secondary N) is 2. The van der Waals surface area contributed by atoms with Crippen LogP contribution in [0, 0.1) is 23.2 Å². The molecule has 0 saturated carbocycles. The monoisotopic (exact) mass is 187 g/mol. The van der Waals surface area contributed by atoms with E-state index in [-0.39, 0.29) is 0 Å². The van der Waals surface area contributed by atoms with Crippen LogP contribution in [0.25, 0.3) is 6.08 Å². The average Bonchev–Trinajstić information content (AvgIpc) is 2.59. The minimum absolute atomic E-state index is 0.360. The molecule has 0 aliphatic rings. The highest BCUT2D eigenvalue weighted by Gasteiger charge is 1.92. The van der Waals surface area contributed by atoms with E-state index in [9.17, 15) is 0 Å². The first kappa shape index (κ1) is 10.3. The van der Waals surface area contributed by atoms with E-state index in [1.807, 2.05) is 13.8 Å². The molecule has 0 amide bonds. The number of allylic oxidation sites excluding steroid dienone is 1. The summed E-state index contributed by atoms with van der Waals surface area (Å²) in [5.41, 5.74) is 0.809. The van der Waals surface area contributed by atoms with Crippen molar-refractivity contribution in [2.75, 3.05) is 0 Å². The van der Waals surface area contributed by atoms with Gasteiger partial charge in [0.05, 0.1) is 6.20 Å². The summed E-state index contributed by atoms with van der Waals surface area (Å²) < 4.78 is 0. The van der Waals surface area contributed by atoms with E-state index >= 15 is 0 Å². The lowest BCUT2D eigenvalue weighted by atomic mass is 10.2. The first-order valence-electron chi connectivity index (χ1n) is 4.46. The molecule has 2 N–H and O–H groups in total. The zero-order valence-corrected chi connectivity index (χ0v) is 8.33. The normalized spacial score (nSPS) is 10.2. The van der Waals surface area contributed by atoms with Crippen LogP contribution in [0.15, 0.2) is 12.3 Å². The molecule has 0 fully saturated rings. The fourth-order valence-corrected chi connectivity index (χ4v) is 0.846. The number of rotatable bonds is 2. The van der Waals surface area contributed by atoms with Gasteiger partial charge >= 0.3 is 0 Å². The molecule has 0 aliphatic heterocycles. The van der Waals surface area contributed by atoms with Gasteiger partial charge in [0.25, 0.3) is 0 Å². The number of imidazole rings is 1. The highest BCUT2D eigenvalue weighted by atomic mass is 14.9. The fourth-order valence-electron chi connectivity index (χ4n) is 0.846. The molecule has 1 rings (SSSR count). The van der Waals surface area contributed by atoms with Crippen LogP contribution in [0.2, 0.25) is 0 Å². The smallest absolute Gasteiger partial charge is 0.130 e. The molecular formula is C11H13N3. The summed E-state index contributed by atoms with van der Waals surface area (Å²) in [4.78, 5) is 7.11. The van der Waals surface area contributed by atoms with Gasteiger partial charge in [-0.2, -0.15) is 0 Å². The molecule has 1 aromatic heterocycles. The molecule has 0 atom stereocenters. The van der Waals surface area contributed by atoms with Crippen molar-refractivity contribution in [1.29, 1.82) is 5.41 Å². The Morgan fingerprint density at radius 3 is 3.00 bits per heavy atom. The summed E-state index contributed by atoms with van der Waals surface area (Å²) in [7, 11) is 0. The van der Waals surface area contributed by atoms with Crippen LogP contribution >= 0.6 is 0 Å². The molecule has 3 heteroatoms. The van der Waals surface area contributed by atoms with Crippen molar-refractivity contribution in [2.45, 2.75) is 13.8 Å². The Labute approximate surface area is 83.8 Å². The number of hydrogen-bond acceptors (Lipinski definition) is 2. The summed E-state index contributed by atoms with van der Waals surface area (Å²) in [6.07, 6.45) is 6.24. The highest BCUT2D eigenvalue weighted by Crippen LogP contribution is 1.98. The second-order valence-corrected chi connectivity index (χ2v) is 3.13. The van der Waals surface area contributed by atoms with Crippen molar-refractivity contribution in [1.82, 2.24) is 9.97 Å². The Hall–Kier alpha value is -1.82. The van der Waals surface area contributed by atoms with E-state index in [1.165, 1.54) is 6.21 Å². The van der Waals surface area contributed by atoms with Crippen molar-refractivity contribution in [3.05, 3.63) is 23.8 Å². The van der Waals surface area contributed by atoms with Crippen molar-refractivity contribution < 1.29 is 0 Å². The third kappa shape index (κ3) is 3.28. The molecule has 72 valence electrons. The van der Waals surface area contributed by atoms with Crippen molar-refractivity contribution in [3.8, 4) is 11.8 Å². The van der Waals surface area contributed by atoms with Gasteiger partial charge < -0.3 is 10.4 Å². The number of nitrogens with zero attached hydrogens (tertiary/aromatic N) is 1. The standard InChI is InChI=1S/C11H13N3/c1-9(2)5-6-10-8-13-11(14-10)4-3-7-12/h3-4,7-9,12H,1-2H3,(H,13,14)/b4-3-,12-7?. The molecule has 0 bridgehead atoms. The number of hydrogen-bond donors (Lipinski definition) is 2. The molecule has 1 aromatic rings. The van der Waals surface area contributed by atoms with Gasteiger partial charge in [-0.3, -0.25) is 0 Å². The van der Waals surface area contributed by atoms with Crippen LogP contribution in [0.3, 0.4) is 0 Å². The second-order valence-electron chi connectivity index (χ2n) is 3.13. The van der Waals surface area contributed by atoms with Crippen LogP contribution in [0.4, 0.5) is 0 Å². The molecule has 0 unspecified atom stereocenters. The lowest BCUT2D eigenvalue weighted by Crippen LogP contribution is -1.80. The Kier molecular flexibility index (Phi) is 3.69. The van der Waals surface area contributed by atoms with Crippen molar-refractivity contribution in [2.24, 2.45) is 5.92 Å². The molecular weight excluding hydrogens is 174 g/mol. The average molecular weight is 187 g/mol. The van der Waals surface area contributed by atoms with E-state index in [2.05, 4.69) is 21.8 Å². The number of H-pyrrole nitrogens is 1. The third-order valence-electron chi connectivity index (χ3n) is 1.44. The molecule has 1 heterocycles. The van der Waals surface area contributed by atoms with Gasteiger partial charge in [-0.1, -0.05) is 19.8 Å². The molecule has 0 radical (unpaired) electrons. The first-order valence-corrected chi connectivity index (χ1v) is 4.46. The van der Waals surface area contributed by atoms with Gasteiger partial charge in [-0.25, -0.2) is 4.98 Å². The number of aromatic nitrogens is 2. The summed E-state index contributed by atoms with van der Waals surface area (Å²) in [5.74, 6) is 7.11. The summed E-state index contributed by atoms with van der Waals surface area (Å²) in [6, 6.07) is 0. The minimum Gasteiger partial charge on any atom is -0.332 e. The summed E-state index contributed by atoms with van der Waals surface area (Å²) in [6.45, 7) is 4.08. The van der Waals surface area contributed by atoms with Crippen LogP contribution < -0.4 is 0 Å². The lowest BCUT2D eigenvalue weighted by Gasteiger charge is -1.85. The Balaban J connectivity index is 2.74. The molecule has 0 aliphatic carbocycles. The molecule has 3 nitrogen and oxygen atoms in total. The van der Waals surface area contributed by atoms with Gasteiger partial charge in [0.1, 0.15) is 11.5 Å². The lowest BCUT2D eigenvalue weighted by molar-refractivity contribution is 0.866. The fraction of sp³-hybridized carbons (Fsp3) is 0.273. The van der Waals surface area contributed by atoms with E-state index < -0.39 is 0 Å². The van der Waals surface area contributed by atoms with Crippen molar-refractivity contribution in [3.63, 3.8) is 0 Å². The summed E-state index contributed by atoms with van der Waals surface area (Å²) >= 11 is 0. The Morgan fingerprint density at radius 2 is 2.36 bits per heavy atom.